The molecule has 0 aromatic heterocycles. The summed E-state index contributed by atoms with van der Waals surface area (Å²) in [6, 6.07) is 57.3. The normalized spacial score (nSPS) is 14.5. The van der Waals surface area contributed by atoms with Crippen LogP contribution in [0, 0.1) is 0 Å². The second-order valence-electron chi connectivity index (χ2n) is 23.9. The highest BCUT2D eigenvalue weighted by atomic mass is 16.4. The molecule has 24 nitrogen and oxygen atoms in total. The molecule has 24 heteroatoms. The predicted molar refractivity (Wildman–Crippen MR) is 405 cm³/mol. The molecule has 8 aromatic carbocycles. The van der Waals surface area contributed by atoms with Gasteiger partial charge in [-0.25, -0.2) is 14.5 Å². The monoisotopic (exact) mass is 1430 g/mol. The molecule has 548 valence electrons. The molecule has 0 saturated carbocycles. The van der Waals surface area contributed by atoms with Crippen LogP contribution in [0.1, 0.15) is 146 Å². The van der Waals surface area contributed by atoms with Crippen LogP contribution >= 0.6 is 0 Å². The first-order valence-corrected chi connectivity index (χ1v) is 34.6. The summed E-state index contributed by atoms with van der Waals surface area (Å²) in [6.45, 7) is 12.3. The molecule has 5 unspecified atom stereocenters. The van der Waals surface area contributed by atoms with Gasteiger partial charge in [-0.1, -0.05) is 131 Å². The van der Waals surface area contributed by atoms with E-state index in [9.17, 15) is 57.5 Å². The number of fused-ring (bicyclic) bond motifs is 1. The summed E-state index contributed by atoms with van der Waals surface area (Å²) in [5.74, 6) is -3.99. The molecular weight excluding hydrogens is 1330 g/mol. The van der Waals surface area contributed by atoms with Gasteiger partial charge in [0.25, 0.3) is 29.5 Å². The lowest BCUT2D eigenvalue weighted by molar-refractivity contribution is -0.120. The minimum atomic E-state index is -1.06. The smallest absolute Gasteiger partial charge is 0.335 e. The van der Waals surface area contributed by atoms with E-state index in [4.69, 9.17) is 16.6 Å². The number of nitrogens with zero attached hydrogens (tertiary/aromatic N) is 2. The van der Waals surface area contributed by atoms with Gasteiger partial charge in [0.05, 0.1) is 40.5 Å². The van der Waals surface area contributed by atoms with Crippen molar-refractivity contribution in [2.75, 3.05) is 41.4 Å². The number of hydrogen-bond acceptors (Lipinski definition) is 14. The van der Waals surface area contributed by atoms with Gasteiger partial charge in [0, 0.05) is 53.8 Å². The average molecular weight is 1430 g/mol. The number of urea groups is 1. The Balaban J connectivity index is 0.000000219. The van der Waals surface area contributed by atoms with E-state index in [0.717, 1.165) is 47.4 Å². The van der Waals surface area contributed by atoms with Crippen LogP contribution in [0.2, 0.25) is 0 Å². The number of nitrogens with one attached hydrogen (secondary N) is 7. The molecule has 12 N–H and O–H groups in total. The number of nitrogen functional groups attached to an aromatic ring is 1. The van der Waals surface area contributed by atoms with Gasteiger partial charge >= 0.3 is 12.0 Å². The lowest BCUT2D eigenvalue weighted by Gasteiger charge is -2.23. The van der Waals surface area contributed by atoms with Crippen LogP contribution in [-0.2, 0) is 43.2 Å². The number of anilines is 4. The second kappa shape index (κ2) is 41.5. The van der Waals surface area contributed by atoms with Crippen LogP contribution in [0.15, 0.2) is 212 Å². The number of carbonyl (C=O) groups excluding carboxylic acids is 11. The van der Waals surface area contributed by atoms with Crippen LogP contribution in [-0.4, -0.2) is 131 Å². The number of carbonyl (C=O) groups is 12. The number of benzene rings is 8. The first-order chi connectivity index (χ1) is 50.6. The van der Waals surface area contributed by atoms with E-state index in [1.54, 1.807) is 97.1 Å². The Kier molecular flexibility index (Phi) is 32.2. The zero-order chi connectivity index (χ0) is 76.5. The Morgan fingerprint density at radius 2 is 0.867 bits per heavy atom. The van der Waals surface area contributed by atoms with Gasteiger partial charge < -0.3 is 58.7 Å². The lowest BCUT2D eigenvalue weighted by Crippen LogP contribution is -2.46. The number of imide groups is 1. The van der Waals surface area contributed by atoms with Gasteiger partial charge in [0.2, 0.25) is 17.7 Å². The topological polar surface area (TPSA) is 368 Å². The summed E-state index contributed by atoms with van der Waals surface area (Å²) in [7, 11) is 1.53. The highest BCUT2D eigenvalue weighted by Gasteiger charge is 2.37. The number of Topliss-reactive ketones (excluding diaryl/α,β-unsaturated/α-hetero) is 2. The standard InChI is InChI=1S/C23H27N5O4.C22H25N3O3.C17H18N2O2.C15H9NO4.2C2H6/c1-25-23(32)28-13-5-8-19(28)22(31)26-17-11-9-16(10-12-17)21(30)27-18(20(24)29)14-15-6-3-2-4-7-15;1-15(26)20(14-16-6-3-2-4-7-16)25-21(27)17-9-11-18(12-10-17)24-22(28)19-8-5-13-23-19;1-12(20)16(11-13-5-3-2-4-6-13)19-17(21)14-7-9-15(18)10-8-14;17-13-11-3-1-2-4-12(11)14(18)16(13)10-7-5-9(6-8-10)15(19)20;2*1-2/h2-4,6-7,9-12,18-19H,5,8,13-14H2,1H3,(H2,24,29)(H,25,32)(H,26,31)(H,27,30);2-4,6-7,9-12,19-20,23H,5,8,13-14H2,1H3,(H,24,28)(H,25,27);2-10,16H,11,18H2,1H3,(H,19,21);1-8H,(H,19,20);2*1-2H3. The third-order valence-corrected chi connectivity index (χ3v) is 16.7. The first-order valence-electron chi connectivity index (χ1n) is 34.6. The van der Waals surface area contributed by atoms with E-state index in [2.05, 4.69) is 37.2 Å². The highest BCUT2D eigenvalue weighted by Crippen LogP contribution is 2.29. The van der Waals surface area contributed by atoms with Crippen molar-refractivity contribution in [3.05, 3.63) is 262 Å². The summed E-state index contributed by atoms with van der Waals surface area (Å²) in [4.78, 5) is 147. The van der Waals surface area contributed by atoms with Crippen LogP contribution < -0.4 is 53.6 Å². The third kappa shape index (κ3) is 24.4. The molecule has 3 aliphatic rings. The SMILES string of the molecule is CC.CC.CC(=O)C(Cc1ccccc1)NC(=O)c1ccc(N)cc1.CC(=O)C(Cc1ccccc1)NC(=O)c1ccc(NC(=O)C2CCCN2)cc1.CNC(=O)N1CCCC1C(=O)Nc1ccc(C(=O)NC(Cc2ccccc2)C(N)=O)cc1.O=C(O)c1ccc(N2C(=O)c3ccccc3C2=O)cc1. The Morgan fingerprint density at radius 1 is 0.486 bits per heavy atom. The van der Waals surface area contributed by atoms with Gasteiger partial charge in [0.15, 0.2) is 11.6 Å². The maximum atomic E-state index is 12.6. The molecule has 3 heterocycles. The van der Waals surface area contributed by atoms with Crippen LogP contribution in [0.5, 0.6) is 0 Å². The molecule has 8 aromatic rings. The molecule has 5 atom stereocenters. The van der Waals surface area contributed by atoms with E-state index in [0.29, 0.717) is 82.8 Å². The zero-order valence-corrected chi connectivity index (χ0v) is 59.9. The fourth-order valence-corrected chi connectivity index (χ4v) is 11.1. The minimum Gasteiger partial charge on any atom is -0.478 e. The minimum absolute atomic E-state index is 0.0609. The number of rotatable bonds is 21. The Labute approximate surface area is 611 Å². The van der Waals surface area contributed by atoms with Crippen molar-refractivity contribution in [3.63, 3.8) is 0 Å². The molecule has 2 saturated heterocycles. The number of ketones is 2. The Hall–Kier alpha value is -12.4. The van der Waals surface area contributed by atoms with E-state index in [1.807, 2.05) is 119 Å². The maximum Gasteiger partial charge on any atom is 0.335 e. The predicted octanol–water partition coefficient (Wildman–Crippen LogP) is 10.00. The van der Waals surface area contributed by atoms with Gasteiger partial charge in [-0.15, -0.1) is 0 Å². The number of amides is 10. The number of carboxylic acid groups (broad SMARTS) is 1. The molecule has 0 radical (unpaired) electrons. The van der Waals surface area contributed by atoms with Crippen LogP contribution in [0.25, 0.3) is 0 Å². The Morgan fingerprint density at radius 3 is 1.25 bits per heavy atom. The van der Waals surface area contributed by atoms with Crippen LogP contribution in [0.3, 0.4) is 0 Å². The zero-order valence-electron chi connectivity index (χ0n) is 59.9. The molecule has 0 bridgehead atoms. The van der Waals surface area contributed by atoms with Crippen LogP contribution in [0.4, 0.5) is 27.5 Å². The van der Waals surface area contributed by atoms with Crippen molar-refractivity contribution in [1.29, 1.82) is 0 Å². The maximum absolute atomic E-state index is 12.6. The van der Waals surface area contributed by atoms with E-state index >= 15 is 0 Å². The van der Waals surface area contributed by atoms with Crippen molar-refractivity contribution >= 4 is 93.6 Å². The Bertz CT molecular complexity index is 4220. The average Bonchev–Trinajstić information content (AvgIpc) is 1.62. The molecule has 105 heavy (non-hydrogen) atoms. The van der Waals surface area contributed by atoms with Gasteiger partial charge in [-0.2, -0.15) is 0 Å². The molecule has 2 fully saturated rings. The van der Waals surface area contributed by atoms with E-state index < -0.39 is 53.8 Å². The third-order valence-electron chi connectivity index (χ3n) is 16.7. The number of carboxylic acids is 1. The molecule has 0 aliphatic carbocycles. The number of primary amides is 1. The summed E-state index contributed by atoms with van der Waals surface area (Å²) < 4.78 is 0. The lowest BCUT2D eigenvalue weighted by atomic mass is 10.0. The van der Waals surface area contributed by atoms with Gasteiger partial charge in [0.1, 0.15) is 12.1 Å². The molecular formula is C81H91N11O13. The fraction of sp³-hybridized carbons (Fsp3) is 0.259. The van der Waals surface area contributed by atoms with Gasteiger partial charge in [-0.3, -0.25) is 47.9 Å². The van der Waals surface area contributed by atoms with Crippen molar-refractivity contribution in [3.8, 4) is 0 Å². The molecule has 10 amide bonds. The van der Waals surface area contributed by atoms with Gasteiger partial charge in [-0.05, 0) is 185 Å². The molecule has 0 spiro atoms. The van der Waals surface area contributed by atoms with Crippen molar-refractivity contribution in [2.45, 2.75) is 117 Å². The first kappa shape index (κ1) is 81.5. The highest BCUT2D eigenvalue weighted by molar-refractivity contribution is 6.34. The quantitative estimate of drug-likeness (QED) is 0.0236. The molecule has 11 rings (SSSR count). The number of likely N-dealkylation sites (tertiary alicyclic amines) is 1. The van der Waals surface area contributed by atoms with E-state index in [-0.39, 0.29) is 52.8 Å². The fourth-order valence-electron chi connectivity index (χ4n) is 11.1. The second-order valence-corrected chi connectivity index (χ2v) is 23.9. The summed E-state index contributed by atoms with van der Waals surface area (Å²) in [5.41, 5.74) is 18.1. The van der Waals surface area contributed by atoms with Crippen molar-refractivity contribution in [2.24, 2.45) is 5.73 Å². The largest absolute Gasteiger partial charge is 0.478 e. The summed E-state index contributed by atoms with van der Waals surface area (Å²) >= 11 is 0. The molecule has 3 aliphatic heterocycles. The number of nitrogens with two attached hydrogens (primary N) is 2. The van der Waals surface area contributed by atoms with Crippen molar-refractivity contribution < 1.29 is 62.6 Å². The van der Waals surface area contributed by atoms with Crippen molar-refractivity contribution in [1.82, 2.24) is 31.5 Å². The number of hydrogen-bond donors (Lipinski definition) is 10. The number of aromatic carboxylic acids is 1. The summed E-state index contributed by atoms with van der Waals surface area (Å²) in [5, 5.41) is 28.4. The van der Waals surface area contributed by atoms with E-state index in [1.165, 1.54) is 50.1 Å². The summed E-state index contributed by atoms with van der Waals surface area (Å²) in [6.07, 6.45) is 4.41.